The van der Waals surface area contributed by atoms with Crippen LogP contribution in [0.15, 0.2) is 42.9 Å². The van der Waals surface area contributed by atoms with Gasteiger partial charge in [0, 0.05) is 0 Å². The molecule has 1 aromatic carbocycles. The number of imide groups is 1. The van der Waals surface area contributed by atoms with Crippen LogP contribution < -0.4 is 0 Å². The summed E-state index contributed by atoms with van der Waals surface area (Å²) in [5, 5.41) is 10.8. The van der Waals surface area contributed by atoms with Gasteiger partial charge in [0.15, 0.2) is 0 Å². The standard InChI is InChI=1S/C17H18N4O5/c1-11-14(12-7-5-4-6-8-12)26-16(23)20(11)15(22)17(2,3)19-9-13(18-10-19)21(24)25/h4-11,14H,1-3H3/t11-,14-/m1/s1. The average molecular weight is 358 g/mol. The lowest BCUT2D eigenvalue weighted by Crippen LogP contribution is -2.49. The summed E-state index contributed by atoms with van der Waals surface area (Å²) in [5.74, 6) is -0.897. The van der Waals surface area contributed by atoms with Gasteiger partial charge in [-0.25, -0.2) is 9.69 Å². The van der Waals surface area contributed by atoms with Crippen molar-refractivity contribution < 1.29 is 19.2 Å². The van der Waals surface area contributed by atoms with Gasteiger partial charge in [-0.2, -0.15) is 0 Å². The van der Waals surface area contributed by atoms with E-state index in [1.165, 1.54) is 17.1 Å². The molecule has 0 aliphatic carbocycles. The maximum atomic E-state index is 13.1. The van der Waals surface area contributed by atoms with Crippen LogP contribution in [-0.4, -0.2) is 37.4 Å². The van der Waals surface area contributed by atoms with Crippen LogP contribution in [0.3, 0.4) is 0 Å². The van der Waals surface area contributed by atoms with E-state index in [0.29, 0.717) is 0 Å². The van der Waals surface area contributed by atoms with Crippen molar-refractivity contribution in [3.63, 3.8) is 0 Å². The first-order valence-corrected chi connectivity index (χ1v) is 8.01. The molecule has 0 unspecified atom stereocenters. The molecule has 1 saturated heterocycles. The van der Waals surface area contributed by atoms with E-state index in [1.807, 2.05) is 30.3 Å². The largest absolute Gasteiger partial charge is 0.439 e. The van der Waals surface area contributed by atoms with E-state index >= 15 is 0 Å². The van der Waals surface area contributed by atoms with Crippen molar-refractivity contribution in [2.75, 3.05) is 0 Å². The van der Waals surface area contributed by atoms with Gasteiger partial charge in [-0.3, -0.25) is 9.36 Å². The minimum atomic E-state index is -1.25. The molecule has 0 N–H and O–H groups in total. The van der Waals surface area contributed by atoms with Crippen LogP contribution >= 0.6 is 0 Å². The fourth-order valence-electron chi connectivity index (χ4n) is 2.94. The number of amides is 2. The van der Waals surface area contributed by atoms with Crippen LogP contribution in [0.2, 0.25) is 0 Å². The molecule has 3 rings (SSSR count). The van der Waals surface area contributed by atoms with Gasteiger partial charge in [0.1, 0.15) is 17.8 Å². The van der Waals surface area contributed by atoms with E-state index in [0.717, 1.165) is 10.5 Å². The third-order valence-corrected chi connectivity index (χ3v) is 4.54. The number of cyclic esters (lactones) is 1. The van der Waals surface area contributed by atoms with Crippen LogP contribution in [0.1, 0.15) is 32.4 Å². The van der Waals surface area contributed by atoms with Crippen LogP contribution in [0.5, 0.6) is 0 Å². The maximum absolute atomic E-state index is 13.1. The first-order chi connectivity index (χ1) is 12.2. The molecule has 0 radical (unpaired) electrons. The number of nitrogens with zero attached hydrogens (tertiary/aromatic N) is 4. The fraction of sp³-hybridized carbons (Fsp3) is 0.353. The topological polar surface area (TPSA) is 108 Å². The Bertz CT molecular complexity index is 861. The summed E-state index contributed by atoms with van der Waals surface area (Å²) in [5.41, 5.74) is -0.458. The summed E-state index contributed by atoms with van der Waals surface area (Å²) < 4.78 is 6.72. The quantitative estimate of drug-likeness (QED) is 0.614. The van der Waals surface area contributed by atoms with Crippen LogP contribution in [0.25, 0.3) is 0 Å². The third-order valence-electron chi connectivity index (χ3n) is 4.54. The van der Waals surface area contributed by atoms with Crippen LogP contribution in [-0.2, 0) is 15.1 Å². The molecule has 9 heteroatoms. The van der Waals surface area contributed by atoms with Gasteiger partial charge < -0.3 is 14.9 Å². The van der Waals surface area contributed by atoms with E-state index < -0.39 is 34.6 Å². The molecule has 1 aliphatic heterocycles. The Morgan fingerprint density at radius 1 is 1.31 bits per heavy atom. The van der Waals surface area contributed by atoms with Crippen molar-refractivity contribution in [2.45, 2.75) is 38.5 Å². The van der Waals surface area contributed by atoms with Crippen molar-refractivity contribution in [1.29, 1.82) is 0 Å². The van der Waals surface area contributed by atoms with E-state index in [9.17, 15) is 19.7 Å². The Morgan fingerprint density at radius 2 is 1.96 bits per heavy atom. The summed E-state index contributed by atoms with van der Waals surface area (Å²) in [7, 11) is 0. The molecule has 1 fully saturated rings. The molecule has 2 aromatic rings. The number of ether oxygens (including phenoxy) is 1. The van der Waals surface area contributed by atoms with Crippen LogP contribution in [0, 0.1) is 10.1 Å². The highest BCUT2D eigenvalue weighted by Gasteiger charge is 2.48. The molecule has 0 bridgehead atoms. The zero-order chi connectivity index (χ0) is 19.1. The van der Waals surface area contributed by atoms with Crippen molar-refractivity contribution in [2.24, 2.45) is 0 Å². The summed E-state index contributed by atoms with van der Waals surface area (Å²) in [6.45, 7) is 4.86. The normalized spacial score (nSPS) is 20.1. The van der Waals surface area contributed by atoms with E-state index in [4.69, 9.17) is 4.74 Å². The highest BCUT2D eigenvalue weighted by Crippen LogP contribution is 2.35. The van der Waals surface area contributed by atoms with Crippen molar-refractivity contribution in [3.8, 4) is 0 Å². The summed E-state index contributed by atoms with van der Waals surface area (Å²) in [6.07, 6.45) is 1.06. The van der Waals surface area contributed by atoms with Crippen molar-refractivity contribution in [3.05, 3.63) is 58.5 Å². The fourth-order valence-corrected chi connectivity index (χ4v) is 2.94. The molecule has 26 heavy (non-hydrogen) atoms. The molecule has 1 aromatic heterocycles. The molecular weight excluding hydrogens is 340 g/mol. The zero-order valence-corrected chi connectivity index (χ0v) is 14.5. The lowest BCUT2D eigenvalue weighted by atomic mass is 9.99. The van der Waals surface area contributed by atoms with E-state index in [2.05, 4.69) is 4.98 Å². The number of carbonyl (C=O) groups is 2. The maximum Gasteiger partial charge on any atom is 0.417 e. The second kappa shape index (κ2) is 6.25. The second-order valence-electron chi connectivity index (χ2n) is 6.59. The number of aromatic nitrogens is 2. The Labute approximate surface area is 149 Å². The lowest BCUT2D eigenvalue weighted by molar-refractivity contribution is -0.389. The average Bonchev–Trinajstić information content (AvgIpc) is 3.21. The first kappa shape index (κ1) is 17.6. The van der Waals surface area contributed by atoms with Gasteiger partial charge in [-0.05, 0) is 36.2 Å². The van der Waals surface area contributed by atoms with Gasteiger partial charge in [0.2, 0.25) is 6.33 Å². The molecule has 136 valence electrons. The van der Waals surface area contributed by atoms with E-state index in [-0.39, 0.29) is 5.82 Å². The summed E-state index contributed by atoms with van der Waals surface area (Å²) >= 11 is 0. The van der Waals surface area contributed by atoms with E-state index in [1.54, 1.807) is 20.8 Å². The predicted molar refractivity (Wildman–Crippen MR) is 90.2 cm³/mol. The Morgan fingerprint density at radius 3 is 2.54 bits per heavy atom. The number of nitro groups is 1. The monoisotopic (exact) mass is 358 g/mol. The molecule has 0 spiro atoms. The Hall–Kier alpha value is -3.23. The molecular formula is C17H18N4O5. The zero-order valence-electron chi connectivity index (χ0n) is 14.5. The third kappa shape index (κ3) is 2.81. The predicted octanol–water partition coefficient (Wildman–Crippen LogP) is 2.64. The molecule has 2 heterocycles. The molecule has 9 nitrogen and oxygen atoms in total. The number of imidazole rings is 1. The van der Waals surface area contributed by atoms with Gasteiger partial charge in [-0.15, -0.1) is 0 Å². The number of rotatable bonds is 4. The minimum absolute atomic E-state index is 0.370. The number of hydrogen-bond donors (Lipinski definition) is 0. The van der Waals surface area contributed by atoms with Crippen LogP contribution in [0.4, 0.5) is 10.6 Å². The van der Waals surface area contributed by atoms with Gasteiger partial charge in [0.05, 0.1) is 6.04 Å². The minimum Gasteiger partial charge on any atom is -0.439 e. The second-order valence-corrected chi connectivity index (χ2v) is 6.59. The summed E-state index contributed by atoms with van der Waals surface area (Å²) in [6, 6.07) is 8.64. The molecule has 2 amide bonds. The highest BCUT2D eigenvalue weighted by molar-refractivity contribution is 5.97. The number of benzene rings is 1. The SMILES string of the molecule is C[C@@H]1[C@H](c2ccccc2)OC(=O)N1C(=O)C(C)(C)n1cnc([N+](=O)[O-])c1. The molecule has 1 aliphatic rings. The lowest BCUT2D eigenvalue weighted by Gasteiger charge is -2.29. The number of carbonyl (C=O) groups excluding carboxylic acids is 2. The highest BCUT2D eigenvalue weighted by atomic mass is 16.6. The van der Waals surface area contributed by atoms with Gasteiger partial charge >= 0.3 is 11.9 Å². The summed E-state index contributed by atoms with van der Waals surface area (Å²) in [4.78, 5) is 40.3. The van der Waals surface area contributed by atoms with Gasteiger partial charge in [0.25, 0.3) is 5.91 Å². The first-order valence-electron chi connectivity index (χ1n) is 8.01. The Balaban J connectivity index is 1.88. The molecule has 2 atom stereocenters. The van der Waals surface area contributed by atoms with Gasteiger partial charge in [-0.1, -0.05) is 30.3 Å². The smallest absolute Gasteiger partial charge is 0.417 e. The van der Waals surface area contributed by atoms with Crippen molar-refractivity contribution >= 4 is 17.8 Å². The Kier molecular flexibility index (Phi) is 4.23. The number of hydrogen-bond acceptors (Lipinski definition) is 6. The van der Waals surface area contributed by atoms with Crippen molar-refractivity contribution in [1.82, 2.24) is 14.5 Å². The molecule has 0 saturated carbocycles.